The topological polar surface area (TPSA) is 70.9 Å². The lowest BCUT2D eigenvalue weighted by molar-refractivity contribution is -0.135. The van der Waals surface area contributed by atoms with Crippen molar-refractivity contribution in [1.29, 1.82) is 0 Å². The number of ether oxygens (including phenoxy) is 1. The van der Waals surface area contributed by atoms with E-state index in [4.69, 9.17) is 4.74 Å². The predicted molar refractivity (Wildman–Crippen MR) is 142 cm³/mol. The van der Waals surface area contributed by atoms with E-state index in [9.17, 15) is 14.3 Å². The number of unbranched alkanes of at least 4 members (excludes halogenated alkanes) is 12. The van der Waals surface area contributed by atoms with E-state index in [1.807, 2.05) is 0 Å². The first-order valence-corrected chi connectivity index (χ1v) is 13.4. The second-order valence-electron chi connectivity index (χ2n) is 9.20. The molecule has 1 aliphatic heterocycles. The molecular formula is C29H43FN2O3. The van der Waals surface area contributed by atoms with E-state index in [-0.39, 0.29) is 29.6 Å². The number of esters is 1. The fourth-order valence-corrected chi connectivity index (χ4v) is 4.03. The van der Waals surface area contributed by atoms with Gasteiger partial charge in [-0.1, -0.05) is 76.9 Å². The van der Waals surface area contributed by atoms with Crippen molar-refractivity contribution in [2.24, 2.45) is 4.99 Å². The number of amidine groups is 1. The highest BCUT2D eigenvalue weighted by molar-refractivity contribution is 6.24. The summed E-state index contributed by atoms with van der Waals surface area (Å²) < 4.78 is 18.1. The summed E-state index contributed by atoms with van der Waals surface area (Å²) >= 11 is 0. The molecule has 0 unspecified atom stereocenters. The van der Waals surface area contributed by atoms with Gasteiger partial charge in [-0.3, -0.25) is 4.99 Å². The molecule has 0 aromatic heterocycles. The zero-order chi connectivity index (χ0) is 25.1. The molecular weight excluding hydrogens is 443 g/mol. The Hall–Kier alpha value is -2.63. The maximum atomic E-state index is 13.2. The summed E-state index contributed by atoms with van der Waals surface area (Å²) in [5, 5.41) is 13.1. The first-order chi connectivity index (χ1) is 17.1. The van der Waals surface area contributed by atoms with Gasteiger partial charge in [0.05, 0.1) is 0 Å². The van der Waals surface area contributed by atoms with Crippen LogP contribution in [0, 0.1) is 5.82 Å². The number of cyclic esters (lactones) is 1. The predicted octanol–water partition coefficient (Wildman–Crippen LogP) is 8.04. The van der Waals surface area contributed by atoms with Crippen LogP contribution in [-0.2, 0) is 9.53 Å². The van der Waals surface area contributed by atoms with Crippen molar-refractivity contribution in [3.8, 4) is 0 Å². The van der Waals surface area contributed by atoms with Gasteiger partial charge in [-0.05, 0) is 56.4 Å². The molecule has 0 atom stereocenters. The lowest BCUT2D eigenvalue weighted by atomic mass is 10.1. The van der Waals surface area contributed by atoms with Crippen LogP contribution in [0.2, 0.25) is 0 Å². The highest BCUT2D eigenvalue weighted by Crippen LogP contribution is 2.18. The van der Waals surface area contributed by atoms with E-state index in [0.717, 1.165) is 19.3 Å². The Kier molecular flexibility index (Phi) is 14.5. The average Bonchev–Trinajstić information content (AvgIpc) is 3.19. The molecule has 0 amide bonds. The van der Waals surface area contributed by atoms with Crippen LogP contribution < -0.4 is 5.32 Å². The van der Waals surface area contributed by atoms with Crippen molar-refractivity contribution in [2.45, 2.75) is 96.8 Å². The quantitative estimate of drug-likeness (QED) is 0.0724. The van der Waals surface area contributed by atoms with Crippen molar-refractivity contribution in [1.82, 2.24) is 0 Å². The smallest absolute Gasteiger partial charge is 0.345 e. The van der Waals surface area contributed by atoms with Gasteiger partial charge in [0.2, 0.25) is 0 Å². The van der Waals surface area contributed by atoms with Crippen molar-refractivity contribution in [2.75, 3.05) is 18.5 Å². The number of anilines is 1. The Labute approximate surface area is 210 Å². The number of nitrogens with zero attached hydrogens (tertiary/aromatic N) is 1. The first kappa shape index (κ1) is 28.6. The average molecular weight is 487 g/mol. The number of nitrogens with one attached hydrogen (secondary N) is 1. The number of hydrogen-bond acceptors (Lipinski definition) is 4. The number of benzene rings is 1. The number of aliphatic imine (C=N–C) groups is 1. The van der Waals surface area contributed by atoms with Crippen LogP contribution in [0.1, 0.15) is 96.8 Å². The van der Waals surface area contributed by atoms with Gasteiger partial charge in [0.15, 0.2) is 0 Å². The molecule has 5 nitrogen and oxygen atoms in total. The fourth-order valence-electron chi connectivity index (χ4n) is 4.03. The van der Waals surface area contributed by atoms with Crippen molar-refractivity contribution in [3.63, 3.8) is 0 Å². The fraction of sp³-hybridized carbons (Fsp3) is 0.586. The van der Waals surface area contributed by atoms with E-state index < -0.39 is 5.97 Å². The van der Waals surface area contributed by atoms with Crippen LogP contribution in [0.25, 0.3) is 0 Å². The van der Waals surface area contributed by atoms with Crippen LogP contribution in [0.4, 0.5) is 10.1 Å². The zero-order valence-electron chi connectivity index (χ0n) is 21.4. The second kappa shape index (κ2) is 17.8. The molecule has 0 bridgehead atoms. The molecule has 1 heterocycles. The minimum atomic E-state index is -0.600. The molecule has 35 heavy (non-hydrogen) atoms. The molecule has 2 rings (SSSR count). The summed E-state index contributed by atoms with van der Waals surface area (Å²) in [6.45, 7) is 2.65. The minimum Gasteiger partial charge on any atom is -0.508 e. The van der Waals surface area contributed by atoms with Crippen LogP contribution in [-0.4, -0.2) is 30.1 Å². The van der Waals surface area contributed by atoms with E-state index in [1.165, 1.54) is 82.8 Å². The number of halogens is 1. The molecule has 0 fully saturated rings. The Morgan fingerprint density at radius 1 is 0.943 bits per heavy atom. The van der Waals surface area contributed by atoms with E-state index in [1.54, 1.807) is 12.1 Å². The summed E-state index contributed by atoms with van der Waals surface area (Å²) in [6, 6.07) is 5.78. The number of carbonyl (C=O) groups excluding carboxylic acids is 1. The highest BCUT2D eigenvalue weighted by Gasteiger charge is 2.29. The monoisotopic (exact) mass is 486 g/mol. The molecule has 0 saturated carbocycles. The third-order valence-corrected chi connectivity index (χ3v) is 6.12. The van der Waals surface area contributed by atoms with Crippen LogP contribution in [0.3, 0.4) is 0 Å². The largest absolute Gasteiger partial charge is 0.508 e. The minimum absolute atomic E-state index is 0.0545. The van der Waals surface area contributed by atoms with Crippen molar-refractivity contribution in [3.05, 3.63) is 53.6 Å². The Morgan fingerprint density at radius 3 is 2.09 bits per heavy atom. The zero-order valence-corrected chi connectivity index (χ0v) is 21.4. The van der Waals surface area contributed by atoms with Crippen LogP contribution in [0.15, 0.2) is 52.7 Å². The Balaban J connectivity index is 1.59. The first-order valence-electron chi connectivity index (χ1n) is 13.4. The number of carbonyl (C=O) groups is 1. The summed E-state index contributed by atoms with van der Waals surface area (Å²) in [7, 11) is 0. The molecule has 1 aromatic carbocycles. The molecule has 0 radical (unpaired) electrons. The molecule has 0 saturated heterocycles. The lowest BCUT2D eigenvalue weighted by Gasteiger charge is -2.10. The number of aliphatic hydroxyl groups excluding tert-OH is 1. The van der Waals surface area contributed by atoms with Gasteiger partial charge in [0, 0.05) is 12.2 Å². The SMILES string of the molecule is CCCCCCCCC=CCCCCCCCCN=C(Nc1ccc(F)cc1)C1=C(O)COC1=O. The lowest BCUT2D eigenvalue weighted by Crippen LogP contribution is -2.20. The molecule has 1 aliphatic rings. The summed E-state index contributed by atoms with van der Waals surface area (Å²) in [4.78, 5) is 16.5. The summed E-state index contributed by atoms with van der Waals surface area (Å²) in [5.74, 6) is -0.814. The van der Waals surface area contributed by atoms with E-state index >= 15 is 0 Å². The third kappa shape index (κ3) is 12.1. The molecule has 194 valence electrons. The number of aliphatic hydroxyl groups is 1. The van der Waals surface area contributed by atoms with E-state index in [2.05, 4.69) is 29.4 Å². The molecule has 6 heteroatoms. The van der Waals surface area contributed by atoms with Gasteiger partial charge >= 0.3 is 5.97 Å². The number of rotatable bonds is 18. The van der Waals surface area contributed by atoms with Crippen LogP contribution in [0.5, 0.6) is 0 Å². The summed E-state index contributed by atoms with van der Waals surface area (Å²) in [6.07, 6.45) is 22.0. The number of hydrogen-bond donors (Lipinski definition) is 2. The second-order valence-corrected chi connectivity index (χ2v) is 9.20. The van der Waals surface area contributed by atoms with Gasteiger partial charge in [0.25, 0.3) is 0 Å². The van der Waals surface area contributed by atoms with Gasteiger partial charge in [-0.15, -0.1) is 0 Å². The van der Waals surface area contributed by atoms with E-state index in [0.29, 0.717) is 12.2 Å². The number of allylic oxidation sites excluding steroid dienone is 2. The third-order valence-electron chi connectivity index (χ3n) is 6.12. The maximum Gasteiger partial charge on any atom is 0.345 e. The van der Waals surface area contributed by atoms with Gasteiger partial charge < -0.3 is 15.2 Å². The maximum absolute atomic E-state index is 13.2. The summed E-state index contributed by atoms with van der Waals surface area (Å²) in [5.41, 5.74) is 0.644. The van der Waals surface area contributed by atoms with Gasteiger partial charge in [0.1, 0.15) is 29.6 Å². The Bertz CT molecular complexity index is 831. The normalized spacial score (nSPS) is 14.2. The van der Waals surface area contributed by atoms with Gasteiger partial charge in [-0.25, -0.2) is 9.18 Å². The Morgan fingerprint density at radius 2 is 1.51 bits per heavy atom. The van der Waals surface area contributed by atoms with Crippen molar-refractivity contribution >= 4 is 17.5 Å². The molecule has 0 spiro atoms. The molecule has 1 aromatic rings. The van der Waals surface area contributed by atoms with Crippen molar-refractivity contribution < 1.29 is 19.0 Å². The molecule has 0 aliphatic carbocycles. The van der Waals surface area contributed by atoms with Crippen LogP contribution >= 0.6 is 0 Å². The highest BCUT2D eigenvalue weighted by atomic mass is 19.1. The standard InChI is InChI=1S/C29H43FN2O3/c1-2-3-4-5-6-7-8-9-10-11-12-13-14-15-16-17-22-31-28(27-26(33)23-35-29(27)34)32-25-20-18-24(30)19-21-25/h9-10,18-21,33H,2-8,11-17,22-23H2,1H3,(H,31,32). The molecule has 2 N–H and O–H groups in total. The van der Waals surface area contributed by atoms with Gasteiger partial charge in [-0.2, -0.15) is 0 Å².